The van der Waals surface area contributed by atoms with Gasteiger partial charge in [-0.25, -0.2) is 4.98 Å². The second-order valence-electron chi connectivity index (χ2n) is 6.94. The Kier molecular flexibility index (Phi) is 4.04. The zero-order chi connectivity index (χ0) is 19.1. The van der Waals surface area contributed by atoms with Crippen LogP contribution in [0.2, 0.25) is 0 Å². The maximum Gasteiger partial charge on any atom is 0.266 e. The van der Waals surface area contributed by atoms with Crippen molar-refractivity contribution < 1.29 is 4.79 Å². The van der Waals surface area contributed by atoms with Gasteiger partial charge < -0.3 is 14.9 Å². The fraction of sp³-hybridized carbons (Fsp3) is 0.300. The van der Waals surface area contributed by atoms with Crippen LogP contribution >= 0.6 is 0 Å². The van der Waals surface area contributed by atoms with E-state index in [-0.39, 0.29) is 17.5 Å². The molecule has 1 atom stereocenters. The van der Waals surface area contributed by atoms with Crippen LogP contribution in [0.25, 0.3) is 11.0 Å². The van der Waals surface area contributed by atoms with E-state index in [1.165, 1.54) is 6.20 Å². The maximum absolute atomic E-state index is 13.2. The number of aromatic nitrogens is 3. The lowest BCUT2D eigenvalue weighted by Gasteiger charge is -2.24. The van der Waals surface area contributed by atoms with Crippen LogP contribution in [-0.2, 0) is 0 Å². The second-order valence-corrected chi connectivity index (χ2v) is 6.94. The van der Waals surface area contributed by atoms with Crippen molar-refractivity contribution in [3.63, 3.8) is 0 Å². The third-order valence-electron chi connectivity index (χ3n) is 5.18. The predicted molar refractivity (Wildman–Crippen MR) is 100 cm³/mol. The number of H-pyrrole nitrogens is 2. The molecule has 27 heavy (non-hydrogen) atoms. The van der Waals surface area contributed by atoms with Crippen LogP contribution in [0.3, 0.4) is 0 Å². The Labute approximate surface area is 155 Å². The van der Waals surface area contributed by atoms with Crippen molar-refractivity contribution in [1.82, 2.24) is 19.9 Å². The van der Waals surface area contributed by atoms with Gasteiger partial charge in [-0.05, 0) is 49.9 Å². The SMILES string of the molecule is Cc1ccc2nc([C@@H]3CCCN3C(=O)c3c[nH]c(=O)c(C#N)c3C)[nH]c2c1. The largest absolute Gasteiger partial charge is 0.340 e. The first-order chi connectivity index (χ1) is 13.0. The minimum Gasteiger partial charge on any atom is -0.340 e. The smallest absolute Gasteiger partial charge is 0.266 e. The summed E-state index contributed by atoms with van der Waals surface area (Å²) in [5.74, 6) is 0.573. The van der Waals surface area contributed by atoms with E-state index in [0.717, 1.165) is 35.3 Å². The number of amides is 1. The minimum absolute atomic E-state index is 0.0178. The Morgan fingerprint density at radius 2 is 2.19 bits per heavy atom. The summed E-state index contributed by atoms with van der Waals surface area (Å²) in [5.41, 5.74) is 3.25. The Morgan fingerprint density at radius 1 is 1.37 bits per heavy atom. The fourth-order valence-electron chi connectivity index (χ4n) is 3.73. The third kappa shape index (κ3) is 2.79. The lowest BCUT2D eigenvalue weighted by molar-refractivity contribution is 0.0729. The number of nitriles is 1. The number of hydrogen-bond donors (Lipinski definition) is 2. The van der Waals surface area contributed by atoms with Crippen molar-refractivity contribution in [1.29, 1.82) is 5.26 Å². The van der Waals surface area contributed by atoms with Gasteiger partial charge in [0.15, 0.2) is 0 Å². The quantitative estimate of drug-likeness (QED) is 0.732. The van der Waals surface area contributed by atoms with Crippen LogP contribution in [-0.4, -0.2) is 32.3 Å². The van der Waals surface area contributed by atoms with Crippen molar-refractivity contribution in [2.45, 2.75) is 32.7 Å². The summed E-state index contributed by atoms with van der Waals surface area (Å²) in [6.07, 6.45) is 3.09. The molecule has 136 valence electrons. The molecule has 0 aliphatic carbocycles. The van der Waals surface area contributed by atoms with E-state index in [0.29, 0.717) is 17.7 Å². The normalized spacial score (nSPS) is 16.6. The fourth-order valence-corrected chi connectivity index (χ4v) is 3.73. The van der Waals surface area contributed by atoms with Gasteiger partial charge in [0.2, 0.25) is 0 Å². The summed E-state index contributed by atoms with van der Waals surface area (Å²) in [6.45, 7) is 4.27. The van der Waals surface area contributed by atoms with Crippen molar-refractivity contribution >= 4 is 16.9 Å². The van der Waals surface area contributed by atoms with E-state index in [1.807, 2.05) is 31.2 Å². The number of imidazole rings is 1. The van der Waals surface area contributed by atoms with Crippen LogP contribution in [0.1, 0.15) is 51.8 Å². The molecule has 7 nitrogen and oxygen atoms in total. The highest BCUT2D eigenvalue weighted by molar-refractivity contribution is 5.96. The Morgan fingerprint density at radius 3 is 2.96 bits per heavy atom. The Hall–Kier alpha value is -3.40. The molecule has 0 radical (unpaired) electrons. The molecule has 0 unspecified atom stereocenters. The number of aryl methyl sites for hydroxylation is 1. The van der Waals surface area contributed by atoms with E-state index in [2.05, 4.69) is 15.0 Å². The standard InChI is InChI=1S/C20H19N5O2/c1-11-5-6-15-16(8-11)24-18(23-15)17-4-3-7-25(17)20(27)14-10-22-19(26)13(9-21)12(14)2/h5-6,8,10,17H,3-4,7H2,1-2H3,(H,22,26)(H,23,24)/t17-/m0/s1. The molecule has 0 saturated carbocycles. The molecular weight excluding hydrogens is 342 g/mol. The first-order valence-corrected chi connectivity index (χ1v) is 8.89. The van der Waals surface area contributed by atoms with Crippen molar-refractivity contribution in [2.24, 2.45) is 0 Å². The van der Waals surface area contributed by atoms with Crippen molar-refractivity contribution in [3.05, 3.63) is 62.8 Å². The topological polar surface area (TPSA) is 106 Å². The maximum atomic E-state index is 13.2. The summed E-state index contributed by atoms with van der Waals surface area (Å²) >= 11 is 0. The molecule has 3 aromatic rings. The molecule has 1 saturated heterocycles. The van der Waals surface area contributed by atoms with E-state index in [9.17, 15) is 14.9 Å². The Balaban J connectivity index is 1.72. The van der Waals surface area contributed by atoms with E-state index in [1.54, 1.807) is 11.8 Å². The van der Waals surface area contributed by atoms with Gasteiger partial charge >= 0.3 is 0 Å². The number of likely N-dealkylation sites (tertiary alicyclic amines) is 1. The van der Waals surface area contributed by atoms with Crippen molar-refractivity contribution in [3.8, 4) is 6.07 Å². The van der Waals surface area contributed by atoms with Crippen LogP contribution in [0, 0.1) is 25.2 Å². The number of aromatic amines is 2. The van der Waals surface area contributed by atoms with Gasteiger partial charge in [0.05, 0.1) is 22.6 Å². The van der Waals surface area contributed by atoms with Gasteiger partial charge in [0.25, 0.3) is 11.5 Å². The average Bonchev–Trinajstić information content (AvgIpc) is 3.27. The molecule has 4 rings (SSSR count). The average molecular weight is 361 g/mol. The second kappa shape index (κ2) is 6.40. The highest BCUT2D eigenvalue weighted by Crippen LogP contribution is 2.33. The number of fused-ring (bicyclic) bond motifs is 1. The van der Waals surface area contributed by atoms with Crippen LogP contribution in [0.4, 0.5) is 0 Å². The number of benzene rings is 1. The predicted octanol–water partition coefficient (Wildman–Crippen LogP) is 2.72. The van der Waals surface area contributed by atoms with Crippen LogP contribution in [0.15, 0.2) is 29.2 Å². The van der Waals surface area contributed by atoms with E-state index in [4.69, 9.17) is 0 Å². The number of nitrogens with one attached hydrogen (secondary N) is 2. The lowest BCUT2D eigenvalue weighted by Crippen LogP contribution is -2.32. The van der Waals surface area contributed by atoms with E-state index >= 15 is 0 Å². The summed E-state index contributed by atoms with van der Waals surface area (Å²) in [5, 5.41) is 9.19. The van der Waals surface area contributed by atoms with Crippen LogP contribution < -0.4 is 5.56 Å². The first kappa shape index (κ1) is 17.0. The number of carbonyl (C=O) groups is 1. The van der Waals surface area contributed by atoms with Gasteiger partial charge in [0, 0.05) is 12.7 Å². The summed E-state index contributed by atoms with van der Waals surface area (Å²) in [4.78, 5) is 37.2. The molecule has 3 heterocycles. The molecule has 1 aliphatic heterocycles. The zero-order valence-corrected chi connectivity index (χ0v) is 15.2. The van der Waals surface area contributed by atoms with Crippen molar-refractivity contribution in [2.75, 3.05) is 6.54 Å². The molecule has 0 bridgehead atoms. The van der Waals surface area contributed by atoms with Gasteiger partial charge in [-0.2, -0.15) is 5.26 Å². The van der Waals surface area contributed by atoms with Gasteiger partial charge in [0.1, 0.15) is 17.5 Å². The Bertz CT molecular complexity index is 1150. The highest BCUT2D eigenvalue weighted by Gasteiger charge is 2.33. The number of rotatable bonds is 2. The number of pyridine rings is 1. The summed E-state index contributed by atoms with van der Waals surface area (Å²) in [6, 6.07) is 7.75. The summed E-state index contributed by atoms with van der Waals surface area (Å²) in [7, 11) is 0. The molecule has 2 N–H and O–H groups in total. The highest BCUT2D eigenvalue weighted by atomic mass is 16.2. The first-order valence-electron chi connectivity index (χ1n) is 8.89. The molecule has 2 aromatic heterocycles. The number of hydrogen-bond acceptors (Lipinski definition) is 4. The molecule has 1 aromatic carbocycles. The van der Waals surface area contributed by atoms with Gasteiger partial charge in [-0.1, -0.05) is 6.07 Å². The molecule has 0 spiro atoms. The molecule has 1 fully saturated rings. The number of carbonyl (C=O) groups excluding carboxylic acids is 1. The third-order valence-corrected chi connectivity index (χ3v) is 5.18. The van der Waals surface area contributed by atoms with E-state index < -0.39 is 5.56 Å². The van der Waals surface area contributed by atoms with Crippen LogP contribution in [0.5, 0.6) is 0 Å². The summed E-state index contributed by atoms with van der Waals surface area (Å²) < 4.78 is 0. The minimum atomic E-state index is -0.475. The van der Waals surface area contributed by atoms with Gasteiger partial charge in [-0.3, -0.25) is 9.59 Å². The molecular formula is C20H19N5O2. The molecule has 1 amide bonds. The van der Waals surface area contributed by atoms with Gasteiger partial charge in [-0.15, -0.1) is 0 Å². The molecule has 7 heteroatoms. The monoisotopic (exact) mass is 361 g/mol. The lowest BCUT2D eigenvalue weighted by atomic mass is 10.1. The molecule has 1 aliphatic rings. The zero-order valence-electron chi connectivity index (χ0n) is 15.2. The number of nitrogens with zero attached hydrogens (tertiary/aromatic N) is 3.